The molecule has 0 unspecified atom stereocenters. The Kier molecular flexibility index (Phi) is 3.66. The van der Waals surface area contributed by atoms with Crippen molar-refractivity contribution < 1.29 is 9.90 Å². The monoisotopic (exact) mass is 270 g/mol. The first-order valence-corrected chi connectivity index (χ1v) is 6.36. The molecular formula is C16H18N2O2. The molecule has 0 saturated carbocycles. The number of hydrogen-bond donors (Lipinski definition) is 3. The van der Waals surface area contributed by atoms with E-state index in [-0.39, 0.29) is 11.3 Å². The number of benzene rings is 2. The molecule has 0 heterocycles. The second kappa shape index (κ2) is 5.25. The molecule has 0 fully saturated rings. The van der Waals surface area contributed by atoms with E-state index in [0.29, 0.717) is 5.69 Å². The summed E-state index contributed by atoms with van der Waals surface area (Å²) >= 11 is 0. The van der Waals surface area contributed by atoms with Gasteiger partial charge in [-0.05, 0) is 50.1 Å². The molecule has 4 nitrogen and oxygen atoms in total. The van der Waals surface area contributed by atoms with Gasteiger partial charge in [0.25, 0.3) is 0 Å². The molecule has 104 valence electrons. The van der Waals surface area contributed by atoms with Crippen molar-refractivity contribution in [3.63, 3.8) is 0 Å². The summed E-state index contributed by atoms with van der Waals surface area (Å²) in [6.45, 7) is 6.10. The van der Waals surface area contributed by atoms with Crippen LogP contribution in [0.4, 0.5) is 17.1 Å². The third kappa shape index (κ3) is 2.74. The van der Waals surface area contributed by atoms with Crippen LogP contribution in [-0.2, 0) is 0 Å². The smallest absolute Gasteiger partial charge is 0.337 e. The van der Waals surface area contributed by atoms with Crippen molar-refractivity contribution in [2.75, 3.05) is 11.1 Å². The SMILES string of the molecule is Cc1cc(C)c(Nc2ccc(N)c(C(=O)O)c2)c(C)c1. The van der Waals surface area contributed by atoms with Crippen molar-refractivity contribution in [2.45, 2.75) is 20.8 Å². The van der Waals surface area contributed by atoms with E-state index in [1.54, 1.807) is 18.2 Å². The van der Waals surface area contributed by atoms with Gasteiger partial charge in [0, 0.05) is 17.1 Å². The number of nitrogens with two attached hydrogens (primary N) is 1. The quantitative estimate of drug-likeness (QED) is 0.744. The molecule has 4 N–H and O–H groups in total. The van der Waals surface area contributed by atoms with E-state index in [1.807, 2.05) is 13.8 Å². The number of aromatic carboxylic acids is 1. The fourth-order valence-electron chi connectivity index (χ4n) is 2.34. The standard InChI is InChI=1S/C16H18N2O2/c1-9-6-10(2)15(11(3)7-9)18-12-4-5-14(17)13(8-12)16(19)20/h4-8,18H,17H2,1-3H3,(H,19,20). The second-order valence-electron chi connectivity index (χ2n) is 5.01. The molecule has 0 atom stereocenters. The molecule has 0 spiro atoms. The summed E-state index contributed by atoms with van der Waals surface area (Å²) in [6, 6.07) is 9.11. The molecule has 0 saturated heterocycles. The number of carboxylic acids is 1. The van der Waals surface area contributed by atoms with Crippen LogP contribution < -0.4 is 11.1 Å². The lowest BCUT2D eigenvalue weighted by Gasteiger charge is -2.14. The van der Waals surface area contributed by atoms with Gasteiger partial charge < -0.3 is 16.2 Å². The third-order valence-electron chi connectivity index (χ3n) is 3.23. The average Bonchev–Trinajstić information content (AvgIpc) is 2.35. The molecule has 2 rings (SSSR count). The number of carbonyl (C=O) groups is 1. The number of nitrogens with one attached hydrogen (secondary N) is 1. The Morgan fingerprint density at radius 2 is 1.70 bits per heavy atom. The highest BCUT2D eigenvalue weighted by molar-refractivity contribution is 5.95. The molecule has 0 aromatic heterocycles. The summed E-state index contributed by atoms with van der Waals surface area (Å²) < 4.78 is 0. The molecule has 20 heavy (non-hydrogen) atoms. The van der Waals surface area contributed by atoms with Gasteiger partial charge in [-0.1, -0.05) is 17.7 Å². The minimum absolute atomic E-state index is 0.109. The Bertz CT molecular complexity index is 655. The number of aryl methyl sites for hydroxylation is 3. The molecule has 0 aliphatic heterocycles. The lowest BCUT2D eigenvalue weighted by molar-refractivity contribution is 0.0698. The number of hydrogen-bond acceptors (Lipinski definition) is 3. The van der Waals surface area contributed by atoms with E-state index in [0.717, 1.165) is 16.8 Å². The lowest BCUT2D eigenvalue weighted by atomic mass is 10.0. The van der Waals surface area contributed by atoms with E-state index < -0.39 is 5.97 Å². The van der Waals surface area contributed by atoms with Crippen molar-refractivity contribution in [1.82, 2.24) is 0 Å². The van der Waals surface area contributed by atoms with Crippen LogP contribution in [-0.4, -0.2) is 11.1 Å². The number of anilines is 3. The van der Waals surface area contributed by atoms with Crippen molar-refractivity contribution in [2.24, 2.45) is 0 Å². The van der Waals surface area contributed by atoms with Crippen LogP contribution in [0.2, 0.25) is 0 Å². The van der Waals surface area contributed by atoms with Crippen LogP contribution in [0.5, 0.6) is 0 Å². The van der Waals surface area contributed by atoms with Crippen molar-refractivity contribution >= 4 is 23.0 Å². The topological polar surface area (TPSA) is 75.3 Å². The highest BCUT2D eigenvalue weighted by Gasteiger charge is 2.10. The summed E-state index contributed by atoms with van der Waals surface area (Å²) in [4.78, 5) is 11.1. The average molecular weight is 270 g/mol. The summed E-state index contributed by atoms with van der Waals surface area (Å²) in [5.74, 6) is -1.02. The maximum Gasteiger partial charge on any atom is 0.337 e. The van der Waals surface area contributed by atoms with Crippen LogP contribution in [0.25, 0.3) is 0 Å². The van der Waals surface area contributed by atoms with E-state index in [1.165, 1.54) is 5.56 Å². The molecule has 4 heteroatoms. The first-order valence-electron chi connectivity index (χ1n) is 6.36. The maximum absolute atomic E-state index is 11.1. The van der Waals surface area contributed by atoms with Crippen molar-refractivity contribution in [1.29, 1.82) is 0 Å². The van der Waals surface area contributed by atoms with E-state index in [9.17, 15) is 4.79 Å². The van der Waals surface area contributed by atoms with Gasteiger partial charge in [-0.3, -0.25) is 0 Å². The lowest BCUT2D eigenvalue weighted by Crippen LogP contribution is -2.04. The molecular weight excluding hydrogens is 252 g/mol. The van der Waals surface area contributed by atoms with Gasteiger partial charge in [0.15, 0.2) is 0 Å². The van der Waals surface area contributed by atoms with Crippen LogP contribution >= 0.6 is 0 Å². The summed E-state index contributed by atoms with van der Waals surface area (Å²) in [6.07, 6.45) is 0. The Labute approximate surface area is 118 Å². The minimum atomic E-state index is -1.02. The fourth-order valence-corrected chi connectivity index (χ4v) is 2.34. The largest absolute Gasteiger partial charge is 0.478 e. The molecule has 0 aliphatic carbocycles. The van der Waals surface area contributed by atoms with Gasteiger partial charge in [0.05, 0.1) is 5.56 Å². The van der Waals surface area contributed by atoms with Gasteiger partial charge in [-0.25, -0.2) is 4.79 Å². The molecule has 0 amide bonds. The zero-order valence-corrected chi connectivity index (χ0v) is 11.8. The number of carboxylic acid groups (broad SMARTS) is 1. The predicted molar refractivity (Wildman–Crippen MR) is 81.7 cm³/mol. The van der Waals surface area contributed by atoms with Crippen LogP contribution in [0.1, 0.15) is 27.0 Å². The highest BCUT2D eigenvalue weighted by Crippen LogP contribution is 2.27. The van der Waals surface area contributed by atoms with Crippen molar-refractivity contribution in [3.05, 3.63) is 52.6 Å². The van der Waals surface area contributed by atoms with Crippen LogP contribution in [0.15, 0.2) is 30.3 Å². The van der Waals surface area contributed by atoms with Gasteiger partial charge >= 0.3 is 5.97 Å². The third-order valence-corrected chi connectivity index (χ3v) is 3.23. The zero-order valence-electron chi connectivity index (χ0n) is 11.8. The Balaban J connectivity index is 2.41. The zero-order chi connectivity index (χ0) is 14.9. The number of rotatable bonds is 3. The van der Waals surface area contributed by atoms with Crippen LogP contribution in [0, 0.1) is 20.8 Å². The van der Waals surface area contributed by atoms with Gasteiger partial charge in [-0.2, -0.15) is 0 Å². The fraction of sp³-hybridized carbons (Fsp3) is 0.188. The normalized spacial score (nSPS) is 10.3. The molecule has 0 bridgehead atoms. The van der Waals surface area contributed by atoms with Gasteiger partial charge in [0.1, 0.15) is 0 Å². The summed E-state index contributed by atoms with van der Waals surface area (Å²) in [7, 11) is 0. The van der Waals surface area contributed by atoms with Gasteiger partial charge in [-0.15, -0.1) is 0 Å². The highest BCUT2D eigenvalue weighted by atomic mass is 16.4. The number of nitrogen functional groups attached to an aromatic ring is 1. The first kappa shape index (κ1) is 13.9. The summed E-state index contributed by atoms with van der Waals surface area (Å²) in [5.41, 5.74) is 11.2. The minimum Gasteiger partial charge on any atom is -0.478 e. The summed E-state index contributed by atoms with van der Waals surface area (Å²) in [5, 5.41) is 12.4. The predicted octanol–water partition coefficient (Wildman–Crippen LogP) is 3.64. The Morgan fingerprint density at radius 3 is 2.25 bits per heavy atom. The Morgan fingerprint density at radius 1 is 1.10 bits per heavy atom. The second-order valence-corrected chi connectivity index (χ2v) is 5.01. The van der Waals surface area contributed by atoms with Crippen LogP contribution in [0.3, 0.4) is 0 Å². The molecule has 0 radical (unpaired) electrons. The van der Waals surface area contributed by atoms with E-state index in [2.05, 4.69) is 24.4 Å². The molecule has 2 aromatic rings. The molecule has 2 aromatic carbocycles. The molecule has 0 aliphatic rings. The van der Waals surface area contributed by atoms with E-state index in [4.69, 9.17) is 10.8 Å². The maximum atomic E-state index is 11.1. The van der Waals surface area contributed by atoms with Gasteiger partial charge in [0.2, 0.25) is 0 Å². The Hall–Kier alpha value is -2.49. The first-order chi connectivity index (χ1) is 9.38. The van der Waals surface area contributed by atoms with Crippen molar-refractivity contribution in [3.8, 4) is 0 Å². The van der Waals surface area contributed by atoms with E-state index >= 15 is 0 Å².